The Hall–Kier alpha value is -2.64. The van der Waals surface area contributed by atoms with Crippen molar-refractivity contribution in [2.45, 2.75) is 44.7 Å². The monoisotopic (exact) mass is 418 g/mol. The van der Waals surface area contributed by atoms with E-state index in [1.807, 2.05) is 79.7 Å². The summed E-state index contributed by atoms with van der Waals surface area (Å²) in [6.07, 6.45) is 6.00. The van der Waals surface area contributed by atoms with Gasteiger partial charge in [0.25, 0.3) is 0 Å². The predicted octanol–water partition coefficient (Wildman–Crippen LogP) is 7.73. The highest BCUT2D eigenvalue weighted by molar-refractivity contribution is 7.59. The molecule has 0 amide bonds. The van der Waals surface area contributed by atoms with Gasteiger partial charge in [-0.15, -0.1) is 0 Å². The van der Waals surface area contributed by atoms with E-state index in [2.05, 4.69) is 0 Å². The molecule has 0 radical (unpaired) electrons. The van der Waals surface area contributed by atoms with Crippen molar-refractivity contribution in [3.05, 3.63) is 83.9 Å². The van der Waals surface area contributed by atoms with E-state index < -0.39 is 0 Å². The zero-order valence-corrected chi connectivity index (χ0v) is 18.3. The highest BCUT2D eigenvalue weighted by Crippen LogP contribution is 2.43. The molecule has 1 atom stereocenters. The Labute approximate surface area is 180 Å². The van der Waals surface area contributed by atoms with Gasteiger partial charge >= 0.3 is 0 Å². The molecular formula is C26H27O3P. The van der Waals surface area contributed by atoms with Gasteiger partial charge in [0.1, 0.15) is 28.6 Å². The van der Waals surface area contributed by atoms with Gasteiger partial charge in [0.2, 0.25) is 0 Å². The molecular weight excluding hydrogens is 391 g/mol. The number of para-hydroxylation sites is 2. The first-order chi connectivity index (χ1) is 14.7. The predicted molar refractivity (Wildman–Crippen MR) is 124 cm³/mol. The SMILES string of the molecule is Cc1ccc(Oc2ccccc2)c(C(=O)PC2CCCCC2)c1Oc1ccccc1. The fourth-order valence-electron chi connectivity index (χ4n) is 3.83. The van der Waals surface area contributed by atoms with E-state index in [4.69, 9.17) is 9.47 Å². The molecule has 0 N–H and O–H groups in total. The second-order valence-corrected chi connectivity index (χ2v) is 9.28. The lowest BCUT2D eigenvalue weighted by Crippen LogP contribution is -2.11. The van der Waals surface area contributed by atoms with Gasteiger partial charge < -0.3 is 9.47 Å². The Morgan fingerprint density at radius 3 is 2.03 bits per heavy atom. The Morgan fingerprint density at radius 1 is 0.800 bits per heavy atom. The third-order valence-electron chi connectivity index (χ3n) is 5.42. The van der Waals surface area contributed by atoms with E-state index in [-0.39, 0.29) is 14.1 Å². The second-order valence-electron chi connectivity index (χ2n) is 7.72. The van der Waals surface area contributed by atoms with Gasteiger partial charge in [-0.2, -0.15) is 0 Å². The Bertz CT molecular complexity index is 980. The molecule has 1 aliphatic rings. The first-order valence-corrected chi connectivity index (χ1v) is 11.7. The Morgan fingerprint density at radius 2 is 1.40 bits per heavy atom. The van der Waals surface area contributed by atoms with Crippen molar-refractivity contribution in [3.8, 4) is 23.0 Å². The molecule has 0 saturated heterocycles. The van der Waals surface area contributed by atoms with E-state index in [9.17, 15) is 4.79 Å². The Balaban J connectivity index is 1.71. The minimum atomic E-state index is 0.127. The number of hydrogen-bond acceptors (Lipinski definition) is 3. The lowest BCUT2D eigenvalue weighted by atomic mass is 10.0. The van der Waals surface area contributed by atoms with Crippen LogP contribution in [-0.2, 0) is 0 Å². The van der Waals surface area contributed by atoms with Crippen molar-refractivity contribution in [1.29, 1.82) is 0 Å². The first kappa shape index (κ1) is 20.6. The summed E-state index contributed by atoms with van der Waals surface area (Å²) in [5.41, 5.74) is 2.09. The van der Waals surface area contributed by atoms with Crippen LogP contribution >= 0.6 is 8.58 Å². The number of benzene rings is 3. The normalized spacial score (nSPS) is 14.7. The molecule has 1 unspecified atom stereocenters. The maximum atomic E-state index is 13.5. The summed E-state index contributed by atoms with van der Waals surface area (Å²) in [7, 11) is 0.244. The van der Waals surface area contributed by atoms with Crippen LogP contribution in [0, 0.1) is 6.92 Å². The highest BCUT2D eigenvalue weighted by Gasteiger charge is 2.25. The van der Waals surface area contributed by atoms with Crippen LogP contribution in [-0.4, -0.2) is 11.2 Å². The van der Waals surface area contributed by atoms with Crippen molar-refractivity contribution < 1.29 is 14.3 Å². The molecule has 0 heterocycles. The standard InChI is InChI=1S/C26H27O3P/c1-19-17-18-23(28-20-11-5-2-6-12-20)24(25(19)29-21-13-7-3-8-14-21)26(27)30-22-15-9-4-10-16-22/h2-3,5-8,11-14,17-18,22,30H,4,9-10,15-16H2,1H3. The summed E-state index contributed by atoms with van der Waals surface area (Å²) in [5, 5.41) is 0. The van der Waals surface area contributed by atoms with Gasteiger partial charge in [0, 0.05) is 0 Å². The van der Waals surface area contributed by atoms with E-state index in [0.717, 1.165) is 18.4 Å². The van der Waals surface area contributed by atoms with Gasteiger partial charge in [-0.1, -0.05) is 61.7 Å². The van der Waals surface area contributed by atoms with Crippen molar-refractivity contribution in [3.63, 3.8) is 0 Å². The third kappa shape index (κ3) is 5.09. The topological polar surface area (TPSA) is 35.5 Å². The minimum absolute atomic E-state index is 0.127. The lowest BCUT2D eigenvalue weighted by molar-refractivity contribution is 0.107. The minimum Gasteiger partial charge on any atom is -0.456 e. The van der Waals surface area contributed by atoms with Crippen molar-refractivity contribution in [1.82, 2.24) is 0 Å². The molecule has 3 aromatic rings. The molecule has 3 nitrogen and oxygen atoms in total. The van der Waals surface area contributed by atoms with Gasteiger partial charge in [-0.05, 0) is 69.9 Å². The Kier molecular flexibility index (Phi) is 6.81. The van der Waals surface area contributed by atoms with E-state index >= 15 is 0 Å². The van der Waals surface area contributed by atoms with Gasteiger partial charge in [0.05, 0.1) is 0 Å². The number of carbonyl (C=O) groups is 1. The van der Waals surface area contributed by atoms with Crippen LogP contribution in [0.3, 0.4) is 0 Å². The first-order valence-electron chi connectivity index (χ1n) is 10.6. The van der Waals surface area contributed by atoms with Crippen LogP contribution < -0.4 is 9.47 Å². The second kappa shape index (κ2) is 9.91. The molecule has 30 heavy (non-hydrogen) atoms. The zero-order valence-electron chi connectivity index (χ0n) is 17.3. The highest BCUT2D eigenvalue weighted by atomic mass is 31.1. The van der Waals surface area contributed by atoms with E-state index in [1.165, 1.54) is 19.3 Å². The molecule has 1 aliphatic carbocycles. The lowest BCUT2D eigenvalue weighted by Gasteiger charge is -2.22. The van der Waals surface area contributed by atoms with Crippen molar-refractivity contribution in [2.75, 3.05) is 0 Å². The number of aryl methyl sites for hydroxylation is 1. The quantitative estimate of drug-likeness (QED) is 0.368. The molecule has 4 heteroatoms. The maximum Gasteiger partial charge on any atom is 0.188 e. The molecule has 0 aliphatic heterocycles. The molecule has 0 aromatic heterocycles. The largest absolute Gasteiger partial charge is 0.456 e. The average molecular weight is 418 g/mol. The molecule has 0 spiro atoms. The van der Waals surface area contributed by atoms with Crippen LogP contribution in [0.15, 0.2) is 72.8 Å². The average Bonchev–Trinajstić information content (AvgIpc) is 2.78. The zero-order chi connectivity index (χ0) is 20.8. The summed E-state index contributed by atoms with van der Waals surface area (Å²) < 4.78 is 12.4. The molecule has 1 fully saturated rings. The molecule has 154 valence electrons. The number of carbonyl (C=O) groups excluding carboxylic acids is 1. The van der Waals surface area contributed by atoms with E-state index in [1.54, 1.807) is 0 Å². The number of rotatable bonds is 7. The van der Waals surface area contributed by atoms with Crippen molar-refractivity contribution >= 4 is 14.1 Å². The summed E-state index contributed by atoms with van der Waals surface area (Å²) in [6, 6.07) is 23.1. The van der Waals surface area contributed by atoms with Gasteiger partial charge in [0.15, 0.2) is 5.52 Å². The van der Waals surface area contributed by atoms with Crippen LogP contribution in [0.5, 0.6) is 23.0 Å². The van der Waals surface area contributed by atoms with Gasteiger partial charge in [-0.25, -0.2) is 0 Å². The summed E-state index contributed by atoms with van der Waals surface area (Å²) in [4.78, 5) is 13.5. The summed E-state index contributed by atoms with van der Waals surface area (Å²) >= 11 is 0. The van der Waals surface area contributed by atoms with Crippen LogP contribution in [0.4, 0.5) is 0 Å². The van der Waals surface area contributed by atoms with Crippen LogP contribution in [0.2, 0.25) is 0 Å². The molecule has 4 rings (SSSR count). The summed E-state index contributed by atoms with van der Waals surface area (Å²) in [6.45, 7) is 1.98. The van der Waals surface area contributed by atoms with Crippen molar-refractivity contribution in [2.24, 2.45) is 0 Å². The number of ether oxygens (including phenoxy) is 2. The number of hydrogen-bond donors (Lipinski definition) is 0. The van der Waals surface area contributed by atoms with Crippen LogP contribution in [0.1, 0.15) is 48.0 Å². The fourth-order valence-corrected chi connectivity index (χ4v) is 5.28. The molecule has 1 saturated carbocycles. The van der Waals surface area contributed by atoms with Crippen LogP contribution in [0.25, 0.3) is 0 Å². The molecule has 3 aromatic carbocycles. The maximum absolute atomic E-state index is 13.5. The molecule has 0 bridgehead atoms. The fraction of sp³-hybridized carbons (Fsp3) is 0.269. The van der Waals surface area contributed by atoms with Gasteiger partial charge in [-0.3, -0.25) is 4.79 Å². The van der Waals surface area contributed by atoms with E-state index in [0.29, 0.717) is 34.2 Å². The smallest absolute Gasteiger partial charge is 0.188 e. The third-order valence-corrected chi connectivity index (χ3v) is 6.92. The summed E-state index contributed by atoms with van der Waals surface area (Å²) in [5.74, 6) is 2.59.